The van der Waals surface area contributed by atoms with Crippen molar-refractivity contribution in [1.82, 2.24) is 19.5 Å². The minimum absolute atomic E-state index is 0.0308. The number of nitrogens with one attached hydrogen (secondary N) is 2. The van der Waals surface area contributed by atoms with Crippen LogP contribution in [0.15, 0.2) is 90.0 Å². The summed E-state index contributed by atoms with van der Waals surface area (Å²) < 4.78 is 38.4. The standard InChI is InChI=1S/C39H43N5O9/c1-23(2)35(46)42-38-41-34-31(36(47)43-38)40-22-44(34)37-33(53-30-11-8-20-50-30)32(45)29(52-37)21-51-39(24-9-6-5-7-10-24,25-12-16-27(48-3)17-13-25)26-14-18-28(49-4)19-15-26/h5-7,9-10,12-19,22-23,29-30,32-33,37,45H,8,11,20-21H2,1-4H3,(H2,41,42,43,46,47)/t29-,30?,32-,33-,37-/m1/s1. The van der Waals surface area contributed by atoms with Crippen LogP contribution in [0.25, 0.3) is 11.2 Å². The molecule has 0 aliphatic carbocycles. The van der Waals surface area contributed by atoms with Gasteiger partial charge in [0, 0.05) is 18.9 Å². The Balaban J connectivity index is 1.28. The molecule has 278 valence electrons. The first kappa shape index (κ1) is 36.2. The highest BCUT2D eigenvalue weighted by molar-refractivity contribution is 5.91. The number of hydrogen-bond donors (Lipinski definition) is 3. The molecule has 3 N–H and O–H groups in total. The molecule has 14 nitrogen and oxygen atoms in total. The van der Waals surface area contributed by atoms with Gasteiger partial charge in [0.1, 0.15) is 35.4 Å². The third-order valence-corrected chi connectivity index (χ3v) is 9.62. The van der Waals surface area contributed by atoms with Crippen molar-refractivity contribution < 1.29 is 38.3 Å². The van der Waals surface area contributed by atoms with Crippen molar-refractivity contribution in [3.8, 4) is 11.5 Å². The number of aliphatic hydroxyl groups excluding tert-OH is 1. The van der Waals surface area contributed by atoms with Crippen molar-refractivity contribution in [3.05, 3.63) is 112 Å². The second-order valence-corrected chi connectivity index (χ2v) is 13.3. The predicted octanol–water partition coefficient (Wildman–Crippen LogP) is 4.52. The zero-order valence-electron chi connectivity index (χ0n) is 29.9. The molecule has 2 fully saturated rings. The molecule has 2 aliphatic heterocycles. The summed E-state index contributed by atoms with van der Waals surface area (Å²) >= 11 is 0. The van der Waals surface area contributed by atoms with Crippen LogP contribution in [-0.2, 0) is 29.3 Å². The molecule has 0 radical (unpaired) electrons. The Bertz CT molecular complexity index is 2010. The Kier molecular flexibility index (Phi) is 10.6. The van der Waals surface area contributed by atoms with Crippen molar-refractivity contribution in [3.63, 3.8) is 0 Å². The highest BCUT2D eigenvalue weighted by atomic mass is 16.7. The maximum atomic E-state index is 13.1. The van der Waals surface area contributed by atoms with Crippen LogP contribution in [0.5, 0.6) is 11.5 Å². The summed E-state index contributed by atoms with van der Waals surface area (Å²) in [5.41, 5.74) is 0.912. The van der Waals surface area contributed by atoms with Crippen LogP contribution in [0.2, 0.25) is 0 Å². The fraction of sp³-hybridized carbons (Fsp3) is 0.385. The minimum Gasteiger partial charge on any atom is -0.497 e. The van der Waals surface area contributed by atoms with E-state index in [1.165, 1.54) is 10.9 Å². The molecule has 14 heteroatoms. The van der Waals surface area contributed by atoms with E-state index in [9.17, 15) is 14.7 Å². The number of anilines is 1. The quantitative estimate of drug-likeness (QED) is 0.146. The maximum Gasteiger partial charge on any atom is 0.280 e. The first-order valence-corrected chi connectivity index (χ1v) is 17.6. The highest BCUT2D eigenvalue weighted by Crippen LogP contribution is 2.43. The number of carbonyl (C=O) groups excluding carboxylic acids is 1. The van der Waals surface area contributed by atoms with Crippen LogP contribution in [0.3, 0.4) is 0 Å². The van der Waals surface area contributed by atoms with Gasteiger partial charge < -0.3 is 33.5 Å². The predicted molar refractivity (Wildman–Crippen MR) is 194 cm³/mol. The van der Waals surface area contributed by atoms with Crippen LogP contribution in [0, 0.1) is 5.92 Å². The van der Waals surface area contributed by atoms with Gasteiger partial charge in [0.2, 0.25) is 11.9 Å². The van der Waals surface area contributed by atoms with Gasteiger partial charge in [-0.05, 0) is 47.4 Å². The van der Waals surface area contributed by atoms with E-state index in [4.69, 9.17) is 28.4 Å². The van der Waals surface area contributed by atoms with Gasteiger partial charge in [0.05, 0.1) is 27.2 Å². The molecule has 2 aromatic heterocycles. The lowest BCUT2D eigenvalue weighted by atomic mass is 9.80. The fourth-order valence-corrected chi connectivity index (χ4v) is 6.77. The number of aromatic amines is 1. The number of hydrogen-bond acceptors (Lipinski definition) is 11. The van der Waals surface area contributed by atoms with Crippen molar-refractivity contribution in [2.75, 3.05) is 32.8 Å². The topological polar surface area (TPSA) is 168 Å². The van der Waals surface area contributed by atoms with Gasteiger partial charge in [0.25, 0.3) is 5.56 Å². The van der Waals surface area contributed by atoms with Crippen LogP contribution in [-0.4, -0.2) is 82.6 Å². The lowest BCUT2D eigenvalue weighted by molar-refractivity contribution is -0.181. The van der Waals surface area contributed by atoms with Crippen molar-refractivity contribution in [1.29, 1.82) is 0 Å². The number of aromatic nitrogens is 4. The first-order chi connectivity index (χ1) is 25.7. The van der Waals surface area contributed by atoms with Crippen LogP contribution < -0.4 is 20.3 Å². The van der Waals surface area contributed by atoms with E-state index in [1.807, 2.05) is 78.9 Å². The maximum absolute atomic E-state index is 13.1. The largest absolute Gasteiger partial charge is 0.497 e. The molecule has 2 aliphatic rings. The second kappa shape index (κ2) is 15.5. The van der Waals surface area contributed by atoms with Crippen LogP contribution in [0.1, 0.15) is 49.6 Å². The first-order valence-electron chi connectivity index (χ1n) is 17.6. The number of fused-ring (bicyclic) bond motifs is 1. The Morgan fingerprint density at radius 2 is 1.64 bits per heavy atom. The molecule has 2 saturated heterocycles. The third kappa shape index (κ3) is 7.15. The summed E-state index contributed by atoms with van der Waals surface area (Å²) in [5.74, 6) is 0.661. The third-order valence-electron chi connectivity index (χ3n) is 9.62. The average molecular weight is 726 g/mol. The summed E-state index contributed by atoms with van der Waals surface area (Å²) in [6.45, 7) is 3.90. The summed E-state index contributed by atoms with van der Waals surface area (Å²) in [6, 6.07) is 25.1. The Labute approximate surface area is 306 Å². The van der Waals surface area contributed by atoms with Crippen molar-refractivity contribution in [2.24, 2.45) is 5.92 Å². The number of amides is 1. The molecule has 0 bridgehead atoms. The van der Waals surface area contributed by atoms with Gasteiger partial charge in [-0.15, -0.1) is 0 Å². The number of ether oxygens (including phenoxy) is 6. The summed E-state index contributed by atoms with van der Waals surface area (Å²) in [4.78, 5) is 37.0. The van der Waals surface area contributed by atoms with E-state index in [0.717, 1.165) is 23.1 Å². The lowest BCUT2D eigenvalue weighted by Crippen LogP contribution is -2.41. The Hall–Kier alpha value is -5.12. The smallest absolute Gasteiger partial charge is 0.280 e. The Morgan fingerprint density at radius 1 is 1.00 bits per heavy atom. The number of aliphatic hydroxyl groups is 1. The molecule has 53 heavy (non-hydrogen) atoms. The van der Waals surface area contributed by atoms with Crippen molar-refractivity contribution in [2.45, 2.75) is 63.1 Å². The number of methoxy groups -OCH3 is 2. The molecule has 5 atom stereocenters. The second-order valence-electron chi connectivity index (χ2n) is 13.3. The number of rotatable bonds is 13. The van der Waals surface area contributed by atoms with Gasteiger partial charge in [0.15, 0.2) is 23.7 Å². The molecule has 0 saturated carbocycles. The van der Waals surface area contributed by atoms with Crippen molar-refractivity contribution >= 4 is 23.0 Å². The molecule has 0 spiro atoms. The van der Waals surface area contributed by atoms with Gasteiger partial charge in [-0.2, -0.15) is 4.98 Å². The van der Waals surface area contributed by atoms with E-state index in [-0.39, 0.29) is 35.5 Å². The van der Waals surface area contributed by atoms with E-state index < -0.39 is 42.0 Å². The van der Waals surface area contributed by atoms with Gasteiger partial charge in [-0.25, -0.2) is 4.98 Å². The normalized spacial score (nSPS) is 21.7. The molecule has 1 unspecified atom stereocenters. The molecule has 4 heterocycles. The van der Waals surface area contributed by atoms with Gasteiger partial charge in [-0.3, -0.25) is 24.5 Å². The van der Waals surface area contributed by atoms with E-state index >= 15 is 0 Å². The molecule has 3 aromatic carbocycles. The van der Waals surface area contributed by atoms with Gasteiger partial charge >= 0.3 is 0 Å². The number of benzene rings is 3. The molecular formula is C39H43N5O9. The summed E-state index contributed by atoms with van der Waals surface area (Å²) in [6.07, 6.45) is -1.81. The zero-order valence-corrected chi connectivity index (χ0v) is 29.9. The van der Waals surface area contributed by atoms with Crippen LogP contribution in [0.4, 0.5) is 5.95 Å². The van der Waals surface area contributed by atoms with E-state index in [1.54, 1.807) is 28.1 Å². The molecule has 1 amide bonds. The number of imidazole rings is 1. The number of nitrogens with zero attached hydrogens (tertiary/aromatic N) is 3. The van der Waals surface area contributed by atoms with Gasteiger partial charge in [-0.1, -0.05) is 68.4 Å². The highest BCUT2D eigenvalue weighted by Gasteiger charge is 2.49. The fourth-order valence-electron chi connectivity index (χ4n) is 6.77. The zero-order chi connectivity index (χ0) is 37.1. The average Bonchev–Trinajstić information content (AvgIpc) is 3.93. The SMILES string of the molecule is COc1ccc(C(OC[C@H]2O[C@@H](n3cnc4c(=O)[nH]c(NC(=O)C(C)C)nc43)[C@H](OC3CCCO3)[C@@H]2O)(c2ccccc2)c2ccc(OC)cc2)cc1. The monoisotopic (exact) mass is 725 g/mol. The number of carbonyl (C=O) groups is 1. The summed E-state index contributed by atoms with van der Waals surface area (Å²) in [7, 11) is 3.23. The molecule has 7 rings (SSSR count). The lowest BCUT2D eigenvalue weighted by Gasteiger charge is -2.37. The minimum atomic E-state index is -1.20. The van der Waals surface area contributed by atoms with Crippen LogP contribution >= 0.6 is 0 Å². The van der Waals surface area contributed by atoms with E-state index in [2.05, 4.69) is 20.3 Å². The van der Waals surface area contributed by atoms with E-state index in [0.29, 0.717) is 24.5 Å². The molecular weight excluding hydrogens is 682 g/mol. The Morgan fingerprint density at radius 3 is 2.23 bits per heavy atom. The molecule has 5 aromatic rings. The number of H-pyrrole nitrogens is 1. The summed E-state index contributed by atoms with van der Waals surface area (Å²) in [5, 5.41) is 14.6.